The molecule has 0 N–H and O–H groups in total. The Kier molecular flexibility index (Phi) is 16.5. The van der Waals surface area contributed by atoms with Crippen LogP contribution in [0.3, 0.4) is 0 Å². The first-order chi connectivity index (χ1) is 70.8. The zero-order valence-electron chi connectivity index (χ0n) is 76.0. The van der Waals surface area contributed by atoms with Crippen molar-refractivity contribution in [3.63, 3.8) is 0 Å². The van der Waals surface area contributed by atoms with Crippen LogP contribution in [0.4, 0.5) is 23.3 Å². The molecular formula is C128H69N15. The number of para-hydroxylation sites is 13. The molecule has 1 spiro atoms. The number of pyridine rings is 1. The van der Waals surface area contributed by atoms with Crippen molar-refractivity contribution in [1.82, 2.24) is 52.2 Å². The second-order valence-electron chi connectivity index (χ2n) is 37.1. The highest BCUT2D eigenvalue weighted by Crippen LogP contribution is 2.62. The molecule has 0 amide bonds. The largest absolute Gasteiger partial charge is 0.370 e. The van der Waals surface area contributed by atoms with Gasteiger partial charge in [0.05, 0.1) is 82.8 Å². The highest BCUT2D eigenvalue weighted by Gasteiger charge is 2.51. The average molecular weight is 1820 g/mol. The summed E-state index contributed by atoms with van der Waals surface area (Å²) in [4.78, 5) is 39.2. The van der Waals surface area contributed by atoms with Gasteiger partial charge >= 0.3 is 0 Å². The fraction of sp³-hybridized carbons (Fsp3) is 0.00781. The summed E-state index contributed by atoms with van der Waals surface area (Å²) in [7, 11) is 0. The average Bonchev–Trinajstić information content (AvgIpc) is 1.49. The van der Waals surface area contributed by atoms with E-state index in [1.807, 2.05) is 24.3 Å². The molecular weight excluding hydrogens is 1750 g/mol. The Labute approximate surface area is 813 Å². The first kappa shape index (κ1) is 79.0. The maximum absolute atomic E-state index is 7.85. The van der Waals surface area contributed by atoms with Gasteiger partial charge in [-0.2, -0.15) is 0 Å². The molecule has 21 aromatic carbocycles. The summed E-state index contributed by atoms with van der Waals surface area (Å²) in [6.45, 7) is 31.4. The van der Waals surface area contributed by atoms with Gasteiger partial charge in [-0.15, -0.1) is 19.9 Å². The van der Waals surface area contributed by atoms with Crippen LogP contribution >= 0.6 is 0 Å². The van der Waals surface area contributed by atoms with Crippen molar-refractivity contribution >= 4 is 236 Å². The first-order valence-corrected chi connectivity index (χ1v) is 47.7. The Morgan fingerprint density at radius 3 is 0.930 bits per heavy atom. The molecule has 0 atom stereocenters. The fourth-order valence-corrected chi connectivity index (χ4v) is 24.5. The Morgan fingerprint density at radius 1 is 0.196 bits per heavy atom. The topological polar surface area (TPSA) is 111 Å². The molecule has 15 heteroatoms. The van der Waals surface area contributed by atoms with E-state index in [1.54, 1.807) is 0 Å². The minimum absolute atomic E-state index is 0.0151. The molecule has 30 aromatic rings. The second kappa shape index (κ2) is 29.9. The van der Waals surface area contributed by atoms with E-state index >= 15 is 0 Å². The fourth-order valence-electron chi connectivity index (χ4n) is 24.5. The Hall–Kier alpha value is -20.2. The SMILES string of the molecule is [C-]#[N+]c1nc2c3cc4c(cc3c3cc5c6ccccc6n(-c6ccccc6)c5cc3c2nc1[N+]#[C-])c1ccccc1n4-c1ccccc1.[C-]#[N+]c1nc2c3cc4c5ccccc5n(-c5ccccc5)c4cc3c3cc4c(cc3c2nc1[N+]#[C-])c1ccccc1n4-c1ccccc1.c1ccc2c(c1)-c1ccccc1C21c2ccccc2-n2c3c1cccc3c1ccc3c(c4ccccc4n4c5ccccc5nc34)c12. The number of hydrogen-bond acceptors (Lipinski definition) is 5. The molecule has 0 fully saturated rings. The van der Waals surface area contributed by atoms with Crippen molar-refractivity contribution < 1.29 is 0 Å². The summed E-state index contributed by atoms with van der Waals surface area (Å²) in [6, 6.07) is 150. The normalized spacial score (nSPS) is 12.5. The number of hydrogen-bond donors (Lipinski definition) is 0. The van der Waals surface area contributed by atoms with Gasteiger partial charge in [-0.3, -0.25) is 4.40 Å². The minimum Gasteiger partial charge on any atom is -0.370 e. The molecule has 2 aliphatic rings. The van der Waals surface area contributed by atoms with Gasteiger partial charge in [-0.05, 0) is 207 Å². The van der Waals surface area contributed by atoms with Crippen LogP contribution in [0, 0.1) is 26.3 Å². The quantitative estimate of drug-likeness (QED) is 0.129. The summed E-state index contributed by atoms with van der Waals surface area (Å²) < 4.78 is 14.1. The zero-order chi connectivity index (χ0) is 94.3. The Balaban J connectivity index is 0.000000100. The van der Waals surface area contributed by atoms with Gasteiger partial charge in [0.1, 0.15) is 5.65 Å². The standard InChI is InChI=1S/C44H25N3.2C42H22N6/c1-4-16-32-26(12-1)27-13-2-5-17-33(27)44(32)34-18-6-9-22-38(34)47-41-28(15-11-19-35(41)44)29-24-25-31-40(42(29)47)30-14-3-8-21-37(30)46-39-23-10-7-20-36(39)45-43(31)46;1-43-41-42(44-2)46-40-34-22-32-28-18-10-12-20-36(28)48(26-15-7-4-8-16-26)38(32)24-30(34)29-23-37-31(21-33(29)39(40)45-41)27-17-9-11-19-35(27)47(37)25-13-5-3-6-14-25;1-43-41-42(44-2)46-40-34-24-38-32(28-18-10-12-20-36(28)48(38)26-15-7-4-8-16-26)22-30(34)29-21-31-27-17-9-11-19-35(27)47(25-13-5-3-6-14-25)37(31)23-33(29)39(40)45-41/h1-25H;2*3-24H. The van der Waals surface area contributed by atoms with Crippen molar-refractivity contribution in [3.05, 3.63) is 487 Å². The molecule has 0 unspecified atom stereocenters. The number of rotatable bonds is 4. The smallest absolute Gasteiger partial charge is 0.294 e. The molecule has 0 saturated carbocycles. The Bertz CT molecular complexity index is 10700. The highest BCUT2D eigenvalue weighted by molar-refractivity contribution is 6.34. The Morgan fingerprint density at radius 2 is 0.503 bits per heavy atom. The van der Waals surface area contributed by atoms with Gasteiger partial charge in [0.25, 0.3) is 23.3 Å². The molecule has 15 nitrogen and oxygen atoms in total. The molecule has 0 radical (unpaired) electrons. The second-order valence-corrected chi connectivity index (χ2v) is 37.1. The number of imidazole rings is 1. The summed E-state index contributed by atoms with van der Waals surface area (Å²) >= 11 is 0. The van der Waals surface area contributed by atoms with Gasteiger partial charge in [0.2, 0.25) is 22.1 Å². The lowest BCUT2D eigenvalue weighted by molar-refractivity contribution is 0.749. The molecule has 0 saturated heterocycles. The predicted octanol–water partition coefficient (Wildman–Crippen LogP) is 33.0. The maximum Gasteiger partial charge on any atom is 0.294 e. The van der Waals surface area contributed by atoms with E-state index in [0.717, 1.165) is 170 Å². The van der Waals surface area contributed by atoms with Gasteiger partial charge in [-0.1, -0.05) is 293 Å². The lowest BCUT2D eigenvalue weighted by atomic mass is 9.65. The summed E-state index contributed by atoms with van der Waals surface area (Å²) in [5, 5.41) is 22.9. The molecule has 0 bridgehead atoms. The molecule has 9 aromatic heterocycles. The first-order valence-electron chi connectivity index (χ1n) is 47.7. The van der Waals surface area contributed by atoms with E-state index in [-0.39, 0.29) is 23.3 Å². The van der Waals surface area contributed by atoms with E-state index in [4.69, 9.17) is 51.2 Å². The molecule has 1 aliphatic carbocycles. The van der Waals surface area contributed by atoms with Crippen LogP contribution < -0.4 is 0 Å². The van der Waals surface area contributed by atoms with Gasteiger partial charge in [0, 0.05) is 114 Å². The molecule has 656 valence electrons. The van der Waals surface area contributed by atoms with E-state index < -0.39 is 5.41 Å². The third-order valence-corrected chi connectivity index (χ3v) is 30.1. The molecule has 10 heterocycles. The highest BCUT2D eigenvalue weighted by atomic mass is 15.1. The van der Waals surface area contributed by atoms with E-state index in [0.29, 0.717) is 22.1 Å². The number of fused-ring (bicyclic) bond motifs is 45. The monoisotopic (exact) mass is 1820 g/mol. The van der Waals surface area contributed by atoms with Gasteiger partial charge in [-0.25, -0.2) is 4.98 Å². The third-order valence-electron chi connectivity index (χ3n) is 30.1. The van der Waals surface area contributed by atoms with Crippen molar-refractivity contribution in [2.75, 3.05) is 0 Å². The summed E-state index contributed by atoms with van der Waals surface area (Å²) in [5.74, 6) is 0.0705. The van der Waals surface area contributed by atoms with Crippen molar-refractivity contribution in [1.29, 1.82) is 0 Å². The van der Waals surface area contributed by atoms with Crippen molar-refractivity contribution in [3.8, 4) is 39.6 Å². The maximum atomic E-state index is 7.85. The summed E-state index contributed by atoms with van der Waals surface area (Å²) in [6.07, 6.45) is 0. The van der Waals surface area contributed by atoms with Crippen LogP contribution in [0.25, 0.3) is 271 Å². The summed E-state index contributed by atoms with van der Waals surface area (Å²) in [5.41, 5.74) is 31.2. The molecule has 143 heavy (non-hydrogen) atoms. The lowest BCUT2D eigenvalue weighted by Crippen LogP contribution is -2.33. The van der Waals surface area contributed by atoms with Crippen LogP contribution in [-0.2, 0) is 5.41 Å². The minimum atomic E-state index is -0.417. The zero-order valence-corrected chi connectivity index (χ0v) is 76.0. The van der Waals surface area contributed by atoms with E-state index in [9.17, 15) is 0 Å². The van der Waals surface area contributed by atoms with E-state index in [1.165, 1.54) is 82.5 Å². The molecule has 1 aliphatic heterocycles. The van der Waals surface area contributed by atoms with Crippen LogP contribution in [0.2, 0.25) is 0 Å². The number of benzene rings is 21. The third kappa shape index (κ3) is 10.8. The lowest BCUT2D eigenvalue weighted by Gasteiger charge is -2.39. The van der Waals surface area contributed by atoms with Crippen LogP contribution in [0.15, 0.2) is 419 Å². The van der Waals surface area contributed by atoms with Crippen LogP contribution in [0.5, 0.6) is 0 Å². The van der Waals surface area contributed by atoms with Crippen LogP contribution in [-0.4, -0.2) is 52.2 Å². The van der Waals surface area contributed by atoms with Gasteiger partial charge in [0.15, 0.2) is 0 Å². The number of nitrogens with zero attached hydrogens (tertiary/aromatic N) is 15. The number of aromatic nitrogens is 11. The van der Waals surface area contributed by atoms with Crippen molar-refractivity contribution in [2.24, 2.45) is 0 Å². The predicted molar refractivity (Wildman–Crippen MR) is 584 cm³/mol. The van der Waals surface area contributed by atoms with Gasteiger partial charge < -0.3 is 42.2 Å². The van der Waals surface area contributed by atoms with Crippen LogP contribution in [0.1, 0.15) is 22.3 Å². The van der Waals surface area contributed by atoms with Crippen molar-refractivity contribution in [2.45, 2.75) is 5.41 Å². The molecule has 32 rings (SSSR count). The van der Waals surface area contributed by atoms with E-state index in [2.05, 4.69) is 441 Å².